The average Bonchev–Trinajstić information content (AvgIpc) is 3.52. The van der Waals surface area contributed by atoms with Gasteiger partial charge in [0.1, 0.15) is 0 Å². The lowest BCUT2D eigenvalue weighted by Gasteiger charge is -2.30. The van der Waals surface area contributed by atoms with E-state index in [0.717, 1.165) is 40.7 Å². The molecule has 0 radical (unpaired) electrons. The lowest BCUT2D eigenvalue weighted by atomic mass is 9.76. The van der Waals surface area contributed by atoms with Gasteiger partial charge in [-0.25, -0.2) is 0 Å². The van der Waals surface area contributed by atoms with E-state index in [1.807, 2.05) is 30.3 Å². The van der Waals surface area contributed by atoms with Crippen LogP contribution in [0.5, 0.6) is 0 Å². The Morgan fingerprint density at radius 2 is 1.34 bits per heavy atom. The van der Waals surface area contributed by atoms with Crippen molar-refractivity contribution in [3.63, 3.8) is 0 Å². The van der Waals surface area contributed by atoms with E-state index in [1.165, 1.54) is 36.8 Å². The highest BCUT2D eigenvalue weighted by Crippen LogP contribution is 2.61. The Morgan fingerprint density at radius 1 is 0.781 bits per heavy atom. The maximum absolute atomic E-state index is 9.27. The summed E-state index contributed by atoms with van der Waals surface area (Å²) in [6.07, 6.45) is 9.37. The molecular weight excluding hydrogens is 392 g/mol. The summed E-state index contributed by atoms with van der Waals surface area (Å²) < 4.78 is 0. The number of benzene rings is 2. The molecule has 2 nitrogen and oxygen atoms in total. The van der Waals surface area contributed by atoms with Crippen LogP contribution in [-0.2, 0) is 6.61 Å². The average molecular weight is 433 g/mol. The van der Waals surface area contributed by atoms with E-state index in [4.69, 9.17) is 5.11 Å². The first kappa shape index (κ1) is 24.5. The van der Waals surface area contributed by atoms with E-state index in [1.54, 1.807) is 6.08 Å². The first-order valence-corrected chi connectivity index (χ1v) is 12.1. The van der Waals surface area contributed by atoms with Gasteiger partial charge in [-0.15, -0.1) is 0 Å². The molecule has 5 rings (SSSR count). The van der Waals surface area contributed by atoms with Gasteiger partial charge < -0.3 is 10.2 Å². The molecule has 3 aliphatic carbocycles. The fourth-order valence-electron chi connectivity index (χ4n) is 6.16. The van der Waals surface area contributed by atoms with Crippen molar-refractivity contribution < 1.29 is 10.2 Å². The van der Waals surface area contributed by atoms with E-state index in [2.05, 4.69) is 51.3 Å². The summed E-state index contributed by atoms with van der Waals surface area (Å²) in [7, 11) is 0. The van der Waals surface area contributed by atoms with Crippen molar-refractivity contribution in [2.45, 2.75) is 46.1 Å². The molecule has 0 aromatic heterocycles. The van der Waals surface area contributed by atoms with Gasteiger partial charge in [0.25, 0.3) is 0 Å². The van der Waals surface area contributed by atoms with Crippen LogP contribution in [0.2, 0.25) is 0 Å². The summed E-state index contributed by atoms with van der Waals surface area (Å²) in [6.45, 7) is 12.3. The van der Waals surface area contributed by atoms with Gasteiger partial charge in [-0.1, -0.05) is 86.3 Å². The molecule has 6 atom stereocenters. The van der Waals surface area contributed by atoms with E-state index in [9.17, 15) is 5.11 Å². The van der Waals surface area contributed by atoms with Gasteiger partial charge in [0.05, 0.1) is 6.61 Å². The number of aliphatic hydroxyl groups is 2. The molecule has 2 heteroatoms. The summed E-state index contributed by atoms with van der Waals surface area (Å²) in [4.78, 5) is 0. The number of aryl methyl sites for hydroxylation is 1. The van der Waals surface area contributed by atoms with Gasteiger partial charge in [0.15, 0.2) is 0 Å². The molecule has 0 saturated heterocycles. The van der Waals surface area contributed by atoms with Crippen molar-refractivity contribution in [1.29, 1.82) is 0 Å². The van der Waals surface area contributed by atoms with E-state index >= 15 is 0 Å². The second kappa shape index (κ2) is 11.6. The molecule has 172 valence electrons. The minimum absolute atomic E-state index is 0.109. The number of aliphatic hydroxyl groups excluding tert-OH is 2. The van der Waals surface area contributed by atoms with Crippen LogP contribution in [0.3, 0.4) is 0 Å². The minimum Gasteiger partial charge on any atom is -0.396 e. The van der Waals surface area contributed by atoms with Crippen molar-refractivity contribution >= 4 is 12.2 Å². The van der Waals surface area contributed by atoms with Crippen molar-refractivity contribution in [2.75, 3.05) is 6.61 Å². The highest BCUT2D eigenvalue weighted by molar-refractivity contribution is 5.47. The molecule has 32 heavy (non-hydrogen) atoms. The van der Waals surface area contributed by atoms with Crippen LogP contribution in [-0.4, -0.2) is 16.8 Å². The molecule has 0 heterocycles. The second-order valence-electron chi connectivity index (χ2n) is 9.96. The van der Waals surface area contributed by atoms with E-state index in [0.29, 0.717) is 12.5 Å². The molecule has 3 fully saturated rings. The predicted octanol–water partition coefficient (Wildman–Crippen LogP) is 6.76. The molecule has 3 saturated carbocycles. The van der Waals surface area contributed by atoms with Gasteiger partial charge in [-0.3, -0.25) is 0 Å². The number of rotatable bonds is 4. The summed E-state index contributed by atoms with van der Waals surface area (Å²) in [5.41, 5.74) is 4.49. The largest absolute Gasteiger partial charge is 0.396 e. The fraction of sp³-hybridized carbons (Fsp3) is 0.467. The van der Waals surface area contributed by atoms with Crippen LogP contribution in [0.15, 0.2) is 61.7 Å². The van der Waals surface area contributed by atoms with Gasteiger partial charge in [-0.05, 0) is 84.8 Å². The Morgan fingerprint density at radius 3 is 1.88 bits per heavy atom. The Kier molecular flexibility index (Phi) is 8.90. The quantitative estimate of drug-likeness (QED) is 0.560. The zero-order valence-corrected chi connectivity index (χ0v) is 19.8. The first-order valence-electron chi connectivity index (χ1n) is 12.1. The van der Waals surface area contributed by atoms with Gasteiger partial charge in [-0.2, -0.15) is 0 Å². The summed E-state index contributed by atoms with van der Waals surface area (Å²) in [6, 6.07) is 15.9. The molecule has 0 spiro atoms. The molecule has 6 unspecified atom stereocenters. The summed E-state index contributed by atoms with van der Waals surface area (Å²) in [5.74, 6) is 5.62. The number of hydrogen-bond acceptors (Lipinski definition) is 2. The minimum atomic E-state index is 0.109. The van der Waals surface area contributed by atoms with Crippen LogP contribution in [0.25, 0.3) is 12.2 Å². The lowest BCUT2D eigenvalue weighted by molar-refractivity contribution is 0.121. The van der Waals surface area contributed by atoms with Crippen molar-refractivity contribution in [2.24, 2.45) is 35.5 Å². The third-order valence-corrected chi connectivity index (χ3v) is 7.79. The topological polar surface area (TPSA) is 40.5 Å². The lowest BCUT2D eigenvalue weighted by Crippen LogP contribution is -2.26. The van der Waals surface area contributed by atoms with Gasteiger partial charge in [0, 0.05) is 6.61 Å². The van der Waals surface area contributed by atoms with Crippen LogP contribution in [0.4, 0.5) is 0 Å². The summed E-state index contributed by atoms with van der Waals surface area (Å²) in [5, 5.41) is 17.9. The number of fused-ring (bicyclic) bond motifs is 5. The second-order valence-corrected chi connectivity index (χ2v) is 9.96. The SMILES string of the molecule is C=Cc1ccc(C)cc1.C=Cc1ccc(CO)cc1.CC1CC2C3CC(CO)C(C3)C2C1. The monoisotopic (exact) mass is 432 g/mol. The van der Waals surface area contributed by atoms with Gasteiger partial charge in [0.2, 0.25) is 0 Å². The highest BCUT2D eigenvalue weighted by atomic mass is 16.3. The standard InChI is InChI=1S/C12H20O.C9H10O.C9H10/c1-7-2-10-8-4-9(6-13)11(5-8)12(10)3-7;1-2-8-3-5-9(7-10)6-4-8;1-3-9-6-4-8(2)5-7-9/h7-13H,2-6H2,1H3;2-6,10H,1,7H2;3-7H,1H2,2H3. The maximum Gasteiger partial charge on any atom is 0.0681 e. The molecule has 2 bridgehead atoms. The van der Waals surface area contributed by atoms with E-state index < -0.39 is 0 Å². The fourth-order valence-corrected chi connectivity index (χ4v) is 6.16. The molecule has 2 aromatic carbocycles. The Hall–Kier alpha value is -2.16. The molecule has 0 amide bonds. The van der Waals surface area contributed by atoms with Crippen molar-refractivity contribution in [3.8, 4) is 0 Å². The normalized spacial score (nSPS) is 29.2. The highest BCUT2D eigenvalue weighted by Gasteiger charge is 2.54. The Bertz CT molecular complexity index is 847. The molecule has 2 N–H and O–H groups in total. The van der Waals surface area contributed by atoms with Crippen molar-refractivity contribution in [3.05, 3.63) is 83.9 Å². The zero-order valence-electron chi connectivity index (χ0n) is 19.8. The van der Waals surface area contributed by atoms with Gasteiger partial charge >= 0.3 is 0 Å². The predicted molar refractivity (Wildman–Crippen MR) is 136 cm³/mol. The van der Waals surface area contributed by atoms with Crippen molar-refractivity contribution in [1.82, 2.24) is 0 Å². The first-order chi connectivity index (χ1) is 15.5. The summed E-state index contributed by atoms with van der Waals surface area (Å²) >= 11 is 0. The maximum atomic E-state index is 9.27. The van der Waals surface area contributed by atoms with E-state index in [-0.39, 0.29) is 6.61 Å². The smallest absolute Gasteiger partial charge is 0.0681 e. The van der Waals surface area contributed by atoms with Crippen LogP contribution in [0.1, 0.15) is 54.9 Å². The molecular formula is C30H40O2. The number of hydrogen-bond donors (Lipinski definition) is 2. The third kappa shape index (κ3) is 5.99. The van der Waals surface area contributed by atoms with Crippen LogP contribution in [0, 0.1) is 42.4 Å². The molecule has 0 aliphatic heterocycles. The molecule has 2 aromatic rings. The zero-order chi connectivity index (χ0) is 23.1. The van der Waals surface area contributed by atoms with Crippen LogP contribution >= 0.6 is 0 Å². The Labute approximate surface area is 194 Å². The third-order valence-electron chi connectivity index (χ3n) is 7.79. The van der Waals surface area contributed by atoms with Crippen LogP contribution < -0.4 is 0 Å². The Balaban J connectivity index is 0.000000139. The molecule has 3 aliphatic rings.